The van der Waals surface area contributed by atoms with Gasteiger partial charge in [0.25, 0.3) is 11.5 Å². The highest BCUT2D eigenvalue weighted by Crippen LogP contribution is 2.20. The highest BCUT2D eigenvalue weighted by Gasteiger charge is 2.21. The molecule has 0 unspecified atom stereocenters. The minimum Gasteiger partial charge on any atom is -0.481 e. The van der Waals surface area contributed by atoms with E-state index in [2.05, 4.69) is 10.4 Å². The monoisotopic (exact) mass is 410 g/mol. The number of H-pyrrole nitrogens is 1. The van der Waals surface area contributed by atoms with Crippen LogP contribution in [-0.2, 0) is 4.79 Å². The van der Waals surface area contributed by atoms with Crippen LogP contribution in [0.25, 0.3) is 5.69 Å². The largest absolute Gasteiger partial charge is 0.481 e. The Kier molecular flexibility index (Phi) is 5.81. The number of carboxylic acid groups (broad SMARTS) is 1. The SMILES string of the molecule is N#Cc1ccc([C@H](CC(=O)O)NC(=O)c2cc(=O)n(-c3ccccc3Cl)[nH]2)cc1. The van der Waals surface area contributed by atoms with Crippen LogP contribution in [0.15, 0.2) is 59.4 Å². The van der Waals surface area contributed by atoms with Crippen LogP contribution < -0.4 is 10.9 Å². The van der Waals surface area contributed by atoms with Gasteiger partial charge in [-0.05, 0) is 29.8 Å². The van der Waals surface area contributed by atoms with Crippen molar-refractivity contribution in [2.24, 2.45) is 0 Å². The Hall–Kier alpha value is -3.83. The smallest absolute Gasteiger partial charge is 0.305 e. The van der Waals surface area contributed by atoms with Crippen molar-refractivity contribution in [2.45, 2.75) is 12.5 Å². The van der Waals surface area contributed by atoms with E-state index in [0.29, 0.717) is 21.8 Å². The number of aromatic nitrogens is 2. The summed E-state index contributed by atoms with van der Waals surface area (Å²) in [5.74, 6) is -1.76. The van der Waals surface area contributed by atoms with Crippen LogP contribution in [0.4, 0.5) is 0 Å². The summed E-state index contributed by atoms with van der Waals surface area (Å²) in [5.41, 5.74) is 0.783. The Bertz CT molecular complexity index is 1160. The molecular formula is C20H15ClN4O4. The van der Waals surface area contributed by atoms with E-state index in [-0.39, 0.29) is 12.1 Å². The van der Waals surface area contributed by atoms with Gasteiger partial charge >= 0.3 is 5.97 Å². The highest BCUT2D eigenvalue weighted by molar-refractivity contribution is 6.32. The van der Waals surface area contributed by atoms with Gasteiger partial charge in [0.1, 0.15) is 5.69 Å². The summed E-state index contributed by atoms with van der Waals surface area (Å²) in [7, 11) is 0. The van der Waals surface area contributed by atoms with Crippen LogP contribution in [0.5, 0.6) is 0 Å². The molecule has 3 rings (SSSR count). The number of aromatic amines is 1. The summed E-state index contributed by atoms with van der Waals surface area (Å²) in [5, 5.41) is 23.7. The third-order valence-corrected chi connectivity index (χ3v) is 4.50. The predicted octanol–water partition coefficient (Wildman–Crippen LogP) is 2.64. The van der Waals surface area contributed by atoms with E-state index in [1.807, 2.05) is 6.07 Å². The minimum absolute atomic E-state index is 0.0426. The summed E-state index contributed by atoms with van der Waals surface area (Å²) < 4.78 is 1.13. The molecule has 0 radical (unpaired) electrons. The number of nitriles is 1. The van der Waals surface area contributed by atoms with Gasteiger partial charge in [0, 0.05) is 6.07 Å². The fourth-order valence-corrected chi connectivity index (χ4v) is 3.00. The maximum Gasteiger partial charge on any atom is 0.305 e. The number of benzene rings is 2. The van der Waals surface area contributed by atoms with Crippen molar-refractivity contribution in [3.63, 3.8) is 0 Å². The topological polar surface area (TPSA) is 128 Å². The third kappa shape index (κ3) is 4.54. The molecule has 1 aromatic heterocycles. The molecule has 8 nitrogen and oxygen atoms in total. The number of carbonyl (C=O) groups excluding carboxylic acids is 1. The number of hydrogen-bond acceptors (Lipinski definition) is 4. The Morgan fingerprint density at radius 2 is 1.90 bits per heavy atom. The molecule has 3 aromatic rings. The second-order valence-electron chi connectivity index (χ2n) is 6.15. The van der Waals surface area contributed by atoms with Crippen LogP contribution >= 0.6 is 11.6 Å². The predicted molar refractivity (Wildman–Crippen MR) is 105 cm³/mol. The summed E-state index contributed by atoms with van der Waals surface area (Å²) in [4.78, 5) is 36.1. The normalized spacial score (nSPS) is 11.4. The lowest BCUT2D eigenvalue weighted by atomic mass is 10.0. The van der Waals surface area contributed by atoms with Crippen molar-refractivity contribution in [3.8, 4) is 11.8 Å². The number of hydrogen-bond donors (Lipinski definition) is 3. The molecule has 146 valence electrons. The second-order valence-corrected chi connectivity index (χ2v) is 6.56. The number of nitrogens with zero attached hydrogens (tertiary/aromatic N) is 2. The van der Waals surface area contributed by atoms with Crippen LogP contribution in [0.3, 0.4) is 0 Å². The minimum atomic E-state index is -1.11. The van der Waals surface area contributed by atoms with Gasteiger partial charge in [0.05, 0.1) is 34.8 Å². The fourth-order valence-electron chi connectivity index (χ4n) is 2.78. The van der Waals surface area contributed by atoms with E-state index in [4.69, 9.17) is 16.9 Å². The van der Waals surface area contributed by atoms with E-state index in [0.717, 1.165) is 10.7 Å². The van der Waals surface area contributed by atoms with Crippen molar-refractivity contribution in [1.82, 2.24) is 15.1 Å². The van der Waals surface area contributed by atoms with Crippen LogP contribution in [0, 0.1) is 11.3 Å². The Balaban J connectivity index is 1.87. The van der Waals surface area contributed by atoms with Crippen molar-refractivity contribution in [3.05, 3.63) is 86.8 Å². The molecule has 0 spiro atoms. The molecule has 1 heterocycles. The van der Waals surface area contributed by atoms with Gasteiger partial charge in [0.15, 0.2) is 0 Å². The average Bonchev–Trinajstić information content (AvgIpc) is 3.09. The summed E-state index contributed by atoms with van der Waals surface area (Å²) in [6.45, 7) is 0. The van der Waals surface area contributed by atoms with Gasteiger partial charge in [-0.3, -0.25) is 19.5 Å². The maximum atomic E-state index is 12.6. The standard InChI is InChI=1S/C20H15ClN4O4/c21-14-3-1-2-4-17(14)25-18(26)9-16(24-25)20(29)23-15(10-19(27)28)13-7-5-12(11-22)6-8-13/h1-9,15,24H,10H2,(H,23,29)(H,27,28)/t15-/m0/s1. The zero-order valence-electron chi connectivity index (χ0n) is 14.9. The lowest BCUT2D eigenvalue weighted by Crippen LogP contribution is -2.30. The van der Waals surface area contributed by atoms with Gasteiger partial charge in [-0.15, -0.1) is 0 Å². The molecule has 2 aromatic carbocycles. The number of carbonyl (C=O) groups is 2. The first-order valence-electron chi connectivity index (χ1n) is 8.48. The van der Waals surface area contributed by atoms with Gasteiger partial charge in [-0.1, -0.05) is 35.9 Å². The molecule has 29 heavy (non-hydrogen) atoms. The van der Waals surface area contributed by atoms with Crippen LogP contribution in [0.2, 0.25) is 5.02 Å². The molecule has 0 fully saturated rings. The van der Waals surface area contributed by atoms with E-state index < -0.39 is 23.5 Å². The number of aliphatic carboxylic acids is 1. The Morgan fingerprint density at radius 3 is 2.52 bits per heavy atom. The van der Waals surface area contributed by atoms with Gasteiger partial charge in [0.2, 0.25) is 0 Å². The Morgan fingerprint density at radius 1 is 1.21 bits per heavy atom. The number of para-hydroxylation sites is 1. The van der Waals surface area contributed by atoms with Gasteiger partial charge in [-0.25, -0.2) is 4.68 Å². The lowest BCUT2D eigenvalue weighted by Gasteiger charge is -2.17. The number of rotatable bonds is 6. The molecule has 1 atom stereocenters. The van der Waals surface area contributed by atoms with E-state index in [9.17, 15) is 19.5 Å². The molecule has 0 saturated carbocycles. The summed E-state index contributed by atoms with van der Waals surface area (Å²) in [6, 6.07) is 15.1. The molecule has 0 aliphatic carbocycles. The number of nitrogens with one attached hydrogen (secondary N) is 2. The lowest BCUT2D eigenvalue weighted by molar-refractivity contribution is -0.137. The maximum absolute atomic E-state index is 12.6. The highest BCUT2D eigenvalue weighted by atomic mass is 35.5. The first-order chi connectivity index (χ1) is 13.9. The van der Waals surface area contributed by atoms with Crippen molar-refractivity contribution < 1.29 is 14.7 Å². The van der Waals surface area contributed by atoms with Crippen molar-refractivity contribution >= 4 is 23.5 Å². The fraction of sp³-hybridized carbons (Fsp3) is 0.100. The van der Waals surface area contributed by atoms with E-state index >= 15 is 0 Å². The van der Waals surface area contributed by atoms with E-state index in [1.165, 1.54) is 12.1 Å². The van der Waals surface area contributed by atoms with Gasteiger partial charge < -0.3 is 10.4 Å². The third-order valence-electron chi connectivity index (χ3n) is 4.18. The van der Waals surface area contributed by atoms with Crippen LogP contribution in [-0.4, -0.2) is 26.8 Å². The van der Waals surface area contributed by atoms with E-state index in [1.54, 1.807) is 36.4 Å². The zero-order valence-corrected chi connectivity index (χ0v) is 15.7. The molecule has 0 aliphatic rings. The Labute approximate surface area is 170 Å². The first-order valence-corrected chi connectivity index (χ1v) is 8.86. The molecule has 0 saturated heterocycles. The quantitative estimate of drug-likeness (QED) is 0.575. The summed E-state index contributed by atoms with van der Waals surface area (Å²) >= 11 is 6.10. The zero-order chi connectivity index (χ0) is 21.0. The number of halogens is 1. The first kappa shape index (κ1) is 19.9. The average molecular weight is 411 g/mol. The molecule has 0 aliphatic heterocycles. The number of amides is 1. The molecule has 3 N–H and O–H groups in total. The summed E-state index contributed by atoms with van der Waals surface area (Å²) in [6.07, 6.45) is -0.368. The van der Waals surface area contributed by atoms with Gasteiger partial charge in [-0.2, -0.15) is 5.26 Å². The molecular weight excluding hydrogens is 396 g/mol. The number of carboxylic acids is 1. The second kappa shape index (κ2) is 8.46. The van der Waals surface area contributed by atoms with Crippen molar-refractivity contribution in [1.29, 1.82) is 5.26 Å². The van der Waals surface area contributed by atoms with Crippen LogP contribution in [0.1, 0.15) is 34.1 Å². The molecule has 1 amide bonds. The molecule has 0 bridgehead atoms. The van der Waals surface area contributed by atoms with Crippen molar-refractivity contribution in [2.75, 3.05) is 0 Å². The molecule has 9 heteroatoms.